The van der Waals surface area contributed by atoms with Gasteiger partial charge in [-0.3, -0.25) is 0 Å². The molecule has 0 spiro atoms. The van der Waals surface area contributed by atoms with E-state index in [0.29, 0.717) is 11.8 Å². The van der Waals surface area contributed by atoms with Gasteiger partial charge in [-0.05, 0) is 24.0 Å². The molecule has 1 atom stereocenters. The van der Waals surface area contributed by atoms with Gasteiger partial charge in [-0.15, -0.1) is 0 Å². The minimum Gasteiger partial charge on any atom is -0.384 e. The van der Waals surface area contributed by atoms with Crippen molar-refractivity contribution < 1.29 is 4.52 Å². The number of hydrogen-bond acceptors (Lipinski definition) is 4. The van der Waals surface area contributed by atoms with Crippen LogP contribution in [0.15, 0.2) is 28.8 Å². The Kier molecular flexibility index (Phi) is 3.72. The van der Waals surface area contributed by atoms with Gasteiger partial charge in [0, 0.05) is 31.0 Å². The lowest BCUT2D eigenvalue weighted by Gasteiger charge is -2.05. The molecule has 1 aliphatic heterocycles. The smallest absolute Gasteiger partial charge is 0.227 e. The van der Waals surface area contributed by atoms with Crippen LogP contribution in [0.2, 0.25) is 0 Å². The van der Waals surface area contributed by atoms with Crippen LogP contribution in [0.4, 0.5) is 5.69 Å². The Hall–Kier alpha value is -1.84. The summed E-state index contributed by atoms with van der Waals surface area (Å²) in [7, 11) is 0. The molecule has 1 N–H and O–H groups in total. The summed E-state index contributed by atoms with van der Waals surface area (Å²) in [6.07, 6.45) is 2.83. The highest BCUT2D eigenvalue weighted by molar-refractivity contribution is 5.57. The van der Waals surface area contributed by atoms with Crippen LogP contribution in [0.3, 0.4) is 0 Å². The number of aryl methyl sites for hydroxylation is 1. The lowest BCUT2D eigenvalue weighted by Crippen LogP contribution is -2.05. The fourth-order valence-electron chi connectivity index (χ4n) is 2.64. The fourth-order valence-corrected chi connectivity index (χ4v) is 2.64. The van der Waals surface area contributed by atoms with Crippen LogP contribution in [0.25, 0.3) is 0 Å². The first kappa shape index (κ1) is 13.2. The summed E-state index contributed by atoms with van der Waals surface area (Å²) in [6, 6.07) is 8.44. The van der Waals surface area contributed by atoms with E-state index in [4.69, 9.17) is 4.52 Å². The first-order valence-corrected chi connectivity index (χ1v) is 7.36. The van der Waals surface area contributed by atoms with E-state index in [9.17, 15) is 0 Å². The van der Waals surface area contributed by atoms with Gasteiger partial charge >= 0.3 is 0 Å². The van der Waals surface area contributed by atoms with E-state index in [0.717, 1.165) is 37.5 Å². The van der Waals surface area contributed by atoms with E-state index in [1.807, 2.05) is 0 Å². The standard InChI is InChI=1S/C16H21N3O/c1-11(2)7-8-15-18-16(20-19-15)9-12-10-17-14-6-4-3-5-13(12)14/h3-6,11-12,17H,7-10H2,1-2H3. The summed E-state index contributed by atoms with van der Waals surface area (Å²) in [4.78, 5) is 4.51. The van der Waals surface area contributed by atoms with Gasteiger partial charge in [-0.25, -0.2) is 0 Å². The van der Waals surface area contributed by atoms with Gasteiger partial charge in [0.1, 0.15) is 0 Å². The third-order valence-electron chi connectivity index (χ3n) is 3.82. The van der Waals surface area contributed by atoms with E-state index in [2.05, 4.69) is 53.6 Å². The Morgan fingerprint density at radius 3 is 3.05 bits per heavy atom. The topological polar surface area (TPSA) is 51.0 Å². The number of rotatable bonds is 5. The van der Waals surface area contributed by atoms with Crippen molar-refractivity contribution in [2.75, 3.05) is 11.9 Å². The van der Waals surface area contributed by atoms with Crippen molar-refractivity contribution in [2.45, 2.75) is 39.0 Å². The molecule has 3 rings (SSSR count). The molecule has 20 heavy (non-hydrogen) atoms. The van der Waals surface area contributed by atoms with Crippen LogP contribution in [-0.4, -0.2) is 16.7 Å². The van der Waals surface area contributed by atoms with Gasteiger partial charge in [-0.2, -0.15) is 4.98 Å². The third kappa shape index (κ3) is 2.84. The number of fused-ring (bicyclic) bond motifs is 1. The van der Waals surface area contributed by atoms with Crippen LogP contribution < -0.4 is 5.32 Å². The second kappa shape index (κ2) is 5.65. The molecule has 0 fully saturated rings. The second-order valence-electron chi connectivity index (χ2n) is 5.91. The predicted octanol–water partition coefficient (Wildman–Crippen LogP) is 3.41. The van der Waals surface area contributed by atoms with E-state index in [-0.39, 0.29) is 0 Å². The molecule has 0 aliphatic carbocycles. The lowest BCUT2D eigenvalue weighted by molar-refractivity contribution is 0.365. The molecule has 4 heteroatoms. The number of nitrogens with one attached hydrogen (secondary N) is 1. The van der Waals surface area contributed by atoms with Crippen LogP contribution in [0, 0.1) is 5.92 Å². The first-order chi connectivity index (χ1) is 9.72. The Balaban J connectivity index is 1.64. The van der Waals surface area contributed by atoms with Crippen molar-refractivity contribution in [3.63, 3.8) is 0 Å². The summed E-state index contributed by atoms with van der Waals surface area (Å²) < 4.78 is 5.39. The lowest BCUT2D eigenvalue weighted by atomic mass is 9.98. The molecular weight excluding hydrogens is 250 g/mol. The number of nitrogens with zero attached hydrogens (tertiary/aromatic N) is 2. The average molecular weight is 271 g/mol. The molecule has 2 aromatic rings. The van der Waals surface area contributed by atoms with Crippen LogP contribution in [0.5, 0.6) is 0 Å². The number of para-hydroxylation sites is 1. The van der Waals surface area contributed by atoms with Gasteiger partial charge in [0.25, 0.3) is 0 Å². The van der Waals surface area contributed by atoms with E-state index < -0.39 is 0 Å². The Bertz CT molecular complexity index is 577. The van der Waals surface area contributed by atoms with Gasteiger partial charge < -0.3 is 9.84 Å². The summed E-state index contributed by atoms with van der Waals surface area (Å²) in [5, 5.41) is 7.51. The minimum atomic E-state index is 0.435. The number of hydrogen-bond donors (Lipinski definition) is 1. The van der Waals surface area contributed by atoms with Gasteiger partial charge in [0.05, 0.1) is 0 Å². The van der Waals surface area contributed by atoms with Crippen molar-refractivity contribution in [1.29, 1.82) is 0 Å². The highest BCUT2D eigenvalue weighted by Gasteiger charge is 2.24. The maximum absolute atomic E-state index is 5.39. The Morgan fingerprint density at radius 2 is 2.20 bits per heavy atom. The van der Waals surface area contributed by atoms with E-state index in [1.165, 1.54) is 11.3 Å². The summed E-state index contributed by atoms with van der Waals surface area (Å²) in [6.45, 7) is 5.37. The molecule has 0 saturated heterocycles. The largest absolute Gasteiger partial charge is 0.384 e. The molecule has 1 unspecified atom stereocenters. The van der Waals surface area contributed by atoms with Crippen LogP contribution in [-0.2, 0) is 12.8 Å². The summed E-state index contributed by atoms with van der Waals surface area (Å²) in [5.41, 5.74) is 2.59. The minimum absolute atomic E-state index is 0.435. The highest BCUT2D eigenvalue weighted by Crippen LogP contribution is 2.32. The molecule has 0 bridgehead atoms. The van der Waals surface area contributed by atoms with Gasteiger partial charge in [0.2, 0.25) is 5.89 Å². The molecule has 1 aromatic heterocycles. The van der Waals surface area contributed by atoms with Crippen molar-refractivity contribution in [1.82, 2.24) is 10.1 Å². The molecule has 1 aromatic carbocycles. The Labute approximate surface area is 119 Å². The average Bonchev–Trinajstić information content (AvgIpc) is 3.05. The summed E-state index contributed by atoms with van der Waals surface area (Å²) in [5.74, 6) is 2.70. The normalized spacial score (nSPS) is 17.2. The quantitative estimate of drug-likeness (QED) is 0.905. The molecule has 0 saturated carbocycles. The molecule has 4 nitrogen and oxygen atoms in total. The zero-order valence-corrected chi connectivity index (χ0v) is 12.1. The second-order valence-corrected chi connectivity index (χ2v) is 5.91. The zero-order valence-electron chi connectivity index (χ0n) is 12.1. The van der Waals surface area contributed by atoms with Gasteiger partial charge in [-0.1, -0.05) is 37.2 Å². The maximum Gasteiger partial charge on any atom is 0.227 e. The number of benzene rings is 1. The first-order valence-electron chi connectivity index (χ1n) is 7.36. The predicted molar refractivity (Wildman–Crippen MR) is 78.8 cm³/mol. The zero-order chi connectivity index (χ0) is 13.9. The molecule has 0 radical (unpaired) electrons. The van der Waals surface area contributed by atoms with Crippen LogP contribution >= 0.6 is 0 Å². The van der Waals surface area contributed by atoms with Crippen LogP contribution in [0.1, 0.15) is 43.5 Å². The fraction of sp³-hybridized carbons (Fsp3) is 0.500. The molecule has 2 heterocycles. The molecular formula is C16H21N3O. The third-order valence-corrected chi connectivity index (χ3v) is 3.82. The maximum atomic E-state index is 5.39. The van der Waals surface area contributed by atoms with Crippen molar-refractivity contribution in [2.24, 2.45) is 5.92 Å². The SMILES string of the molecule is CC(C)CCc1noc(CC2CNc3ccccc32)n1. The van der Waals surface area contributed by atoms with E-state index >= 15 is 0 Å². The highest BCUT2D eigenvalue weighted by atomic mass is 16.5. The number of aromatic nitrogens is 2. The van der Waals surface area contributed by atoms with Crippen molar-refractivity contribution in [3.8, 4) is 0 Å². The van der Waals surface area contributed by atoms with E-state index in [1.54, 1.807) is 0 Å². The summed E-state index contributed by atoms with van der Waals surface area (Å²) >= 11 is 0. The van der Waals surface area contributed by atoms with Crippen molar-refractivity contribution >= 4 is 5.69 Å². The molecule has 0 amide bonds. The molecule has 106 valence electrons. The van der Waals surface area contributed by atoms with Crippen molar-refractivity contribution in [3.05, 3.63) is 41.5 Å². The molecule has 1 aliphatic rings. The number of anilines is 1. The monoisotopic (exact) mass is 271 g/mol. The van der Waals surface area contributed by atoms with Gasteiger partial charge in [0.15, 0.2) is 5.82 Å². The Morgan fingerprint density at radius 1 is 1.35 bits per heavy atom.